The standard InChI is InChI=1S/C6H8NO2P/c8-10-9-7-6-4-2-1-3-5-6/h1-5,7H,10H2/q+1/p+1. The van der Waals surface area contributed by atoms with E-state index in [1.165, 1.54) is 5.48 Å². The summed E-state index contributed by atoms with van der Waals surface area (Å²) in [5.41, 5.74) is 2.42. The summed E-state index contributed by atoms with van der Waals surface area (Å²) in [6.07, 6.45) is 0. The van der Waals surface area contributed by atoms with Crippen LogP contribution in [0, 0.1) is 0 Å². The topological polar surface area (TPSA) is 45.7 Å². The van der Waals surface area contributed by atoms with Crippen LogP contribution in [0.4, 0.5) is 5.69 Å². The van der Waals surface area contributed by atoms with Gasteiger partial charge >= 0.3 is 9.03 Å². The molecule has 0 aliphatic carbocycles. The first kappa shape index (κ1) is 7.63. The molecule has 0 saturated heterocycles. The molecule has 0 spiro atoms. The summed E-state index contributed by atoms with van der Waals surface area (Å²) in [6, 6.07) is 9.48. The van der Waals surface area contributed by atoms with Crippen LogP contribution in [0.25, 0.3) is 0 Å². The van der Waals surface area contributed by atoms with Gasteiger partial charge in [0.2, 0.25) is 0 Å². The van der Waals surface area contributed by atoms with Gasteiger partial charge in [-0.3, -0.25) is 0 Å². The molecule has 1 radical (unpaired) electrons. The molecule has 1 rings (SSSR count). The van der Waals surface area contributed by atoms with E-state index in [-0.39, 0.29) is 0 Å². The molecule has 1 atom stereocenters. The average molecular weight is 158 g/mol. The number of quaternary nitrogens is 1. The van der Waals surface area contributed by atoms with Crippen molar-refractivity contribution < 1.29 is 15.0 Å². The van der Waals surface area contributed by atoms with Crippen molar-refractivity contribution in [1.29, 1.82) is 0 Å². The molecule has 2 N–H and O–H groups in total. The number of nitrogens with two attached hydrogens (primary N) is 1. The Morgan fingerprint density at radius 3 is 2.60 bits per heavy atom. The van der Waals surface area contributed by atoms with E-state index in [2.05, 4.69) is 4.62 Å². The van der Waals surface area contributed by atoms with E-state index in [9.17, 15) is 4.89 Å². The zero-order valence-electron chi connectivity index (χ0n) is 5.36. The summed E-state index contributed by atoms with van der Waals surface area (Å²) in [5, 5.41) is 0. The van der Waals surface area contributed by atoms with Crippen molar-refractivity contribution in [3.63, 3.8) is 0 Å². The highest BCUT2D eigenvalue weighted by molar-refractivity contribution is 7.24. The van der Waals surface area contributed by atoms with Crippen LogP contribution < -0.4 is 5.48 Å². The summed E-state index contributed by atoms with van der Waals surface area (Å²) in [7, 11) is -1.13. The molecule has 0 heterocycles. The third kappa shape index (κ3) is 2.42. The molecular weight excluding hydrogens is 149 g/mol. The highest BCUT2D eigenvalue weighted by Crippen LogP contribution is 2.00. The molecule has 1 aromatic carbocycles. The number of benzene rings is 1. The van der Waals surface area contributed by atoms with Crippen LogP contribution in [0.3, 0.4) is 0 Å². The van der Waals surface area contributed by atoms with Crippen molar-refractivity contribution >= 4 is 14.7 Å². The lowest BCUT2D eigenvalue weighted by atomic mass is 10.3. The van der Waals surface area contributed by atoms with Gasteiger partial charge < -0.3 is 0 Å². The molecule has 0 saturated carbocycles. The minimum absolute atomic E-state index is 0.936. The molecule has 10 heavy (non-hydrogen) atoms. The second kappa shape index (κ2) is 4.36. The number of hydrogen-bond acceptors (Lipinski definition) is 1. The summed E-state index contributed by atoms with van der Waals surface area (Å²) in [6.45, 7) is 0. The van der Waals surface area contributed by atoms with Gasteiger partial charge in [-0.1, -0.05) is 18.2 Å². The van der Waals surface area contributed by atoms with Crippen LogP contribution >= 0.6 is 9.03 Å². The van der Waals surface area contributed by atoms with Crippen LogP contribution in [0.5, 0.6) is 0 Å². The number of rotatable bonds is 3. The first-order valence-electron chi connectivity index (χ1n) is 2.91. The maximum absolute atomic E-state index is 9.93. The summed E-state index contributed by atoms with van der Waals surface area (Å²) < 4.78 is 4.62. The molecule has 53 valence electrons. The lowest BCUT2D eigenvalue weighted by Crippen LogP contribution is -2.74. The molecule has 0 aliphatic rings. The lowest BCUT2D eigenvalue weighted by molar-refractivity contribution is -0.796. The van der Waals surface area contributed by atoms with Crippen molar-refractivity contribution in [1.82, 2.24) is 0 Å². The van der Waals surface area contributed by atoms with E-state index in [0.717, 1.165) is 5.69 Å². The van der Waals surface area contributed by atoms with Crippen molar-refractivity contribution in [3.05, 3.63) is 30.3 Å². The van der Waals surface area contributed by atoms with Crippen LogP contribution in [-0.4, -0.2) is 0 Å². The van der Waals surface area contributed by atoms with Gasteiger partial charge in [0, 0.05) is 12.1 Å². The first-order valence-corrected chi connectivity index (χ1v) is 3.85. The zero-order chi connectivity index (χ0) is 7.23. The van der Waals surface area contributed by atoms with Crippen molar-refractivity contribution in [2.45, 2.75) is 0 Å². The van der Waals surface area contributed by atoms with Gasteiger partial charge in [0.25, 0.3) is 0 Å². The largest absolute Gasteiger partial charge is 0.364 e. The fourth-order valence-corrected chi connectivity index (χ4v) is 0.851. The van der Waals surface area contributed by atoms with E-state index in [1.807, 2.05) is 30.3 Å². The molecule has 4 heteroatoms. The van der Waals surface area contributed by atoms with Gasteiger partial charge in [0.15, 0.2) is 5.69 Å². The van der Waals surface area contributed by atoms with Gasteiger partial charge in [-0.15, -0.1) is 5.48 Å². The van der Waals surface area contributed by atoms with E-state index >= 15 is 0 Å². The molecular formula is C6H9NO2P+2. The predicted molar refractivity (Wildman–Crippen MR) is 39.5 cm³/mol. The summed E-state index contributed by atoms with van der Waals surface area (Å²) in [5.74, 6) is 0. The molecule has 1 unspecified atom stereocenters. The highest BCUT2D eigenvalue weighted by Gasteiger charge is 1.96. The Morgan fingerprint density at radius 1 is 1.30 bits per heavy atom. The van der Waals surface area contributed by atoms with E-state index in [0.29, 0.717) is 0 Å². The predicted octanol–water partition coefficient (Wildman–Crippen LogP) is 0.484. The minimum Gasteiger partial charge on any atom is -0.129 e. The van der Waals surface area contributed by atoms with Crippen molar-refractivity contribution in [2.24, 2.45) is 0 Å². The number of hydrogen-bond donors (Lipinski definition) is 1. The quantitative estimate of drug-likeness (QED) is 0.388. The van der Waals surface area contributed by atoms with Crippen molar-refractivity contribution in [3.8, 4) is 0 Å². The smallest absolute Gasteiger partial charge is 0.129 e. The van der Waals surface area contributed by atoms with Crippen LogP contribution in [0.1, 0.15) is 0 Å². The molecule has 0 fully saturated rings. The second-order valence-corrected chi connectivity index (χ2v) is 2.23. The molecule has 1 aromatic rings. The summed E-state index contributed by atoms with van der Waals surface area (Å²) in [4.78, 5) is 9.93. The van der Waals surface area contributed by atoms with E-state index < -0.39 is 9.03 Å². The fourth-order valence-electron chi connectivity index (χ4n) is 0.638. The molecule has 3 nitrogen and oxygen atoms in total. The Hall–Kier alpha value is -0.470. The van der Waals surface area contributed by atoms with Crippen LogP contribution in [0.15, 0.2) is 30.3 Å². The van der Waals surface area contributed by atoms with Crippen LogP contribution in [-0.2, 0) is 9.52 Å². The third-order valence-corrected chi connectivity index (χ3v) is 1.31. The lowest BCUT2D eigenvalue weighted by Gasteiger charge is -1.89. The van der Waals surface area contributed by atoms with Crippen molar-refractivity contribution in [2.75, 3.05) is 0 Å². The maximum atomic E-state index is 9.93. The van der Waals surface area contributed by atoms with Gasteiger partial charge in [-0.25, -0.2) is 0 Å². The average Bonchev–Trinajstić information content (AvgIpc) is 2.03. The van der Waals surface area contributed by atoms with Crippen LogP contribution in [0.2, 0.25) is 0 Å². The Morgan fingerprint density at radius 2 is 2.00 bits per heavy atom. The van der Waals surface area contributed by atoms with E-state index in [1.54, 1.807) is 0 Å². The van der Waals surface area contributed by atoms with Gasteiger partial charge in [-0.2, -0.15) is 0 Å². The van der Waals surface area contributed by atoms with E-state index in [4.69, 9.17) is 0 Å². The Balaban J connectivity index is 2.43. The Bertz CT molecular complexity index is 180. The normalized spacial score (nSPS) is 10.9. The zero-order valence-corrected chi connectivity index (χ0v) is 6.51. The second-order valence-electron chi connectivity index (χ2n) is 1.76. The van der Waals surface area contributed by atoms with Gasteiger partial charge in [-0.05, 0) is 9.52 Å². The Labute approximate surface area is 60.9 Å². The molecule has 0 amide bonds. The molecule has 0 bridgehead atoms. The van der Waals surface area contributed by atoms with Gasteiger partial charge in [0.05, 0.1) is 0 Å². The Kier molecular flexibility index (Phi) is 3.33. The summed E-state index contributed by atoms with van der Waals surface area (Å²) >= 11 is 0. The fraction of sp³-hybridized carbons (Fsp3) is 0. The maximum Gasteiger partial charge on any atom is 0.364 e. The third-order valence-electron chi connectivity index (χ3n) is 1.06. The monoisotopic (exact) mass is 158 g/mol. The highest BCUT2D eigenvalue weighted by atomic mass is 31.1. The van der Waals surface area contributed by atoms with Gasteiger partial charge in [0.1, 0.15) is 0 Å². The SMILES string of the molecule is [O][PH2+]O[NH2+]c1ccccc1. The first-order chi connectivity index (χ1) is 4.93. The molecule has 0 aromatic heterocycles. The molecule has 0 aliphatic heterocycles. The minimum atomic E-state index is -1.13.